The molecule has 0 spiro atoms. The van der Waals surface area contributed by atoms with Gasteiger partial charge in [-0.3, -0.25) is 4.79 Å². The molecule has 0 bridgehead atoms. The second-order valence-electron chi connectivity index (χ2n) is 4.10. The summed E-state index contributed by atoms with van der Waals surface area (Å²) in [5, 5.41) is 6.48. The highest BCUT2D eigenvalue weighted by molar-refractivity contribution is 5.81. The molecule has 20 heavy (non-hydrogen) atoms. The predicted molar refractivity (Wildman–Crippen MR) is 76.2 cm³/mol. The maximum absolute atomic E-state index is 11.5. The normalized spacial score (nSPS) is 11.4. The summed E-state index contributed by atoms with van der Waals surface area (Å²) in [6.45, 7) is 3.37. The van der Waals surface area contributed by atoms with Crippen LogP contribution in [0, 0.1) is 0 Å². The second kappa shape index (κ2) is 8.79. The minimum absolute atomic E-state index is 0.383. The van der Waals surface area contributed by atoms with E-state index >= 15 is 0 Å². The fourth-order valence-electron chi connectivity index (χ4n) is 1.77. The van der Waals surface area contributed by atoms with Crippen molar-refractivity contribution in [3.05, 3.63) is 40.3 Å². The molecule has 1 aromatic rings. The van der Waals surface area contributed by atoms with Gasteiger partial charge in [0.2, 0.25) is 5.91 Å². The van der Waals surface area contributed by atoms with E-state index in [0.717, 1.165) is 5.56 Å². The summed E-state index contributed by atoms with van der Waals surface area (Å²) in [6, 6.07) is 6.67. The Balaban J connectivity index is 2.67. The molecule has 7 nitrogen and oxygen atoms in total. The SMILES string of the molecule is CCOc1cccc(C(NCCCN=[N+]=[N-])C(N)=O)c1. The van der Waals surface area contributed by atoms with Crippen molar-refractivity contribution >= 4 is 5.91 Å². The molecular weight excluding hydrogens is 258 g/mol. The van der Waals surface area contributed by atoms with Crippen LogP contribution >= 0.6 is 0 Å². The number of hydrogen-bond donors (Lipinski definition) is 2. The second-order valence-corrected chi connectivity index (χ2v) is 4.10. The Kier molecular flexibility index (Phi) is 6.95. The lowest BCUT2D eigenvalue weighted by atomic mass is 10.1. The fraction of sp³-hybridized carbons (Fsp3) is 0.462. The molecule has 0 aliphatic heterocycles. The summed E-state index contributed by atoms with van der Waals surface area (Å²) < 4.78 is 5.40. The van der Waals surface area contributed by atoms with E-state index in [-0.39, 0.29) is 0 Å². The summed E-state index contributed by atoms with van der Waals surface area (Å²) in [5.41, 5.74) is 14.3. The number of ether oxygens (including phenoxy) is 1. The molecule has 1 unspecified atom stereocenters. The van der Waals surface area contributed by atoms with Gasteiger partial charge in [0.1, 0.15) is 11.8 Å². The first kappa shape index (κ1) is 15.8. The lowest BCUT2D eigenvalue weighted by Gasteiger charge is -2.16. The molecule has 0 saturated heterocycles. The first-order chi connectivity index (χ1) is 9.69. The highest BCUT2D eigenvalue weighted by Crippen LogP contribution is 2.19. The zero-order chi connectivity index (χ0) is 14.8. The van der Waals surface area contributed by atoms with Crippen LogP contribution in [0.2, 0.25) is 0 Å². The molecule has 108 valence electrons. The number of rotatable bonds is 9. The third-order valence-corrected chi connectivity index (χ3v) is 2.63. The molecule has 0 saturated carbocycles. The first-order valence-electron chi connectivity index (χ1n) is 6.45. The summed E-state index contributed by atoms with van der Waals surface area (Å²) in [4.78, 5) is 14.2. The molecule has 7 heteroatoms. The van der Waals surface area contributed by atoms with Crippen LogP contribution in [-0.4, -0.2) is 25.6 Å². The Morgan fingerprint density at radius 3 is 3.05 bits per heavy atom. The van der Waals surface area contributed by atoms with E-state index in [2.05, 4.69) is 15.3 Å². The van der Waals surface area contributed by atoms with Crippen molar-refractivity contribution in [1.29, 1.82) is 0 Å². The Bertz CT molecular complexity index is 485. The predicted octanol–water partition coefficient (Wildman–Crippen LogP) is 1.90. The zero-order valence-corrected chi connectivity index (χ0v) is 11.5. The van der Waals surface area contributed by atoms with Gasteiger partial charge in [-0.05, 0) is 43.1 Å². The zero-order valence-electron chi connectivity index (χ0n) is 11.5. The van der Waals surface area contributed by atoms with Gasteiger partial charge in [0.15, 0.2) is 0 Å². The van der Waals surface area contributed by atoms with Crippen molar-refractivity contribution in [1.82, 2.24) is 5.32 Å². The van der Waals surface area contributed by atoms with Crippen molar-refractivity contribution in [2.75, 3.05) is 19.7 Å². The van der Waals surface area contributed by atoms with Gasteiger partial charge < -0.3 is 15.8 Å². The number of primary amides is 1. The van der Waals surface area contributed by atoms with Crippen LogP contribution in [0.5, 0.6) is 5.75 Å². The Morgan fingerprint density at radius 2 is 2.40 bits per heavy atom. The third kappa shape index (κ3) is 5.17. The Labute approximate surface area is 117 Å². The Morgan fingerprint density at radius 1 is 1.60 bits per heavy atom. The first-order valence-corrected chi connectivity index (χ1v) is 6.45. The van der Waals surface area contributed by atoms with Crippen molar-refractivity contribution in [3.8, 4) is 5.75 Å². The number of amides is 1. The van der Waals surface area contributed by atoms with Crippen LogP contribution in [0.3, 0.4) is 0 Å². The molecule has 1 aromatic carbocycles. The summed E-state index contributed by atoms with van der Waals surface area (Å²) >= 11 is 0. The molecular formula is C13H19N5O2. The number of nitrogens with zero attached hydrogens (tertiary/aromatic N) is 3. The number of carbonyl (C=O) groups is 1. The van der Waals surface area contributed by atoms with Gasteiger partial charge in [-0.15, -0.1) is 0 Å². The van der Waals surface area contributed by atoms with Crippen LogP contribution in [0.25, 0.3) is 10.4 Å². The Hall–Kier alpha value is -2.24. The number of azide groups is 1. The minimum Gasteiger partial charge on any atom is -0.494 e. The maximum Gasteiger partial charge on any atom is 0.239 e. The molecule has 1 atom stereocenters. The standard InChI is InChI=1S/C13H19N5O2/c1-2-20-11-6-3-5-10(9-11)12(13(14)19)16-7-4-8-17-18-15/h3,5-6,9,12,16H,2,4,7-8H2,1H3,(H2,14,19). The molecule has 1 rings (SSSR count). The average molecular weight is 277 g/mol. The highest BCUT2D eigenvalue weighted by atomic mass is 16.5. The lowest BCUT2D eigenvalue weighted by Crippen LogP contribution is -2.34. The van der Waals surface area contributed by atoms with Gasteiger partial charge in [0, 0.05) is 11.5 Å². The summed E-state index contributed by atoms with van der Waals surface area (Å²) in [5.74, 6) is 0.245. The van der Waals surface area contributed by atoms with Gasteiger partial charge in [0.05, 0.1) is 6.61 Å². The van der Waals surface area contributed by atoms with Crippen molar-refractivity contribution in [3.63, 3.8) is 0 Å². The molecule has 0 aromatic heterocycles. The molecule has 0 fully saturated rings. The monoisotopic (exact) mass is 277 g/mol. The highest BCUT2D eigenvalue weighted by Gasteiger charge is 2.17. The van der Waals surface area contributed by atoms with E-state index in [0.29, 0.717) is 31.9 Å². The van der Waals surface area contributed by atoms with Crippen molar-refractivity contribution in [2.45, 2.75) is 19.4 Å². The summed E-state index contributed by atoms with van der Waals surface area (Å²) in [7, 11) is 0. The molecule has 3 N–H and O–H groups in total. The number of nitrogens with two attached hydrogens (primary N) is 1. The maximum atomic E-state index is 11.5. The number of hydrogen-bond acceptors (Lipinski definition) is 4. The summed E-state index contributed by atoms with van der Waals surface area (Å²) in [6.07, 6.45) is 0.638. The number of benzene rings is 1. The van der Waals surface area contributed by atoms with Crippen LogP contribution < -0.4 is 15.8 Å². The number of carbonyl (C=O) groups excluding carboxylic acids is 1. The van der Waals surface area contributed by atoms with E-state index in [9.17, 15) is 4.79 Å². The molecule has 0 aliphatic rings. The van der Waals surface area contributed by atoms with Crippen LogP contribution in [-0.2, 0) is 4.79 Å². The third-order valence-electron chi connectivity index (χ3n) is 2.63. The molecule has 0 heterocycles. The lowest BCUT2D eigenvalue weighted by molar-refractivity contribution is -0.120. The largest absolute Gasteiger partial charge is 0.494 e. The van der Waals surface area contributed by atoms with E-state index in [1.807, 2.05) is 25.1 Å². The minimum atomic E-state index is -0.582. The fourth-order valence-corrected chi connectivity index (χ4v) is 1.77. The van der Waals surface area contributed by atoms with Crippen LogP contribution in [0.4, 0.5) is 0 Å². The van der Waals surface area contributed by atoms with Gasteiger partial charge in [-0.25, -0.2) is 0 Å². The van der Waals surface area contributed by atoms with E-state index in [1.165, 1.54) is 0 Å². The quantitative estimate of drug-likeness (QED) is 0.311. The van der Waals surface area contributed by atoms with Crippen molar-refractivity contribution in [2.24, 2.45) is 10.8 Å². The molecule has 0 aliphatic carbocycles. The van der Waals surface area contributed by atoms with E-state index in [1.54, 1.807) is 6.07 Å². The van der Waals surface area contributed by atoms with Crippen LogP contribution in [0.1, 0.15) is 24.9 Å². The van der Waals surface area contributed by atoms with Gasteiger partial charge in [-0.2, -0.15) is 0 Å². The van der Waals surface area contributed by atoms with Gasteiger partial charge in [0.25, 0.3) is 0 Å². The van der Waals surface area contributed by atoms with Crippen LogP contribution in [0.15, 0.2) is 29.4 Å². The van der Waals surface area contributed by atoms with Gasteiger partial charge >= 0.3 is 0 Å². The molecule has 1 amide bonds. The van der Waals surface area contributed by atoms with Crippen molar-refractivity contribution < 1.29 is 9.53 Å². The molecule has 0 radical (unpaired) electrons. The van der Waals surface area contributed by atoms with Gasteiger partial charge in [-0.1, -0.05) is 17.2 Å². The smallest absolute Gasteiger partial charge is 0.239 e. The van der Waals surface area contributed by atoms with E-state index in [4.69, 9.17) is 16.0 Å². The average Bonchev–Trinajstić information content (AvgIpc) is 2.43. The topological polar surface area (TPSA) is 113 Å². The van der Waals surface area contributed by atoms with E-state index < -0.39 is 11.9 Å². The number of nitrogens with one attached hydrogen (secondary N) is 1.